The smallest absolute Gasteiger partial charge is 0.268 e. The molecule has 1 amide bonds. The molecule has 2 heterocycles. The molecule has 0 radical (unpaired) electrons. The minimum Gasteiger partial charge on any atom is -0.340 e. The molecule has 3 rings (SSSR count). The molecule has 0 bridgehead atoms. The fourth-order valence-corrected chi connectivity index (χ4v) is 2.50. The number of carbonyl (C=O) groups is 1. The zero-order valence-electron chi connectivity index (χ0n) is 13.7. The number of aryl methyl sites for hydroxylation is 1. The quantitative estimate of drug-likeness (QED) is 0.803. The average molecular weight is 312 g/mol. The van der Waals surface area contributed by atoms with E-state index in [9.17, 15) is 4.79 Å². The first kappa shape index (κ1) is 15.3. The highest BCUT2D eigenvalue weighted by Gasteiger charge is 2.20. The van der Waals surface area contributed by atoms with Crippen LogP contribution in [0.2, 0.25) is 0 Å². The van der Waals surface area contributed by atoms with Gasteiger partial charge in [-0.15, -0.1) is 0 Å². The number of para-hydroxylation sites is 1. The van der Waals surface area contributed by atoms with Crippen molar-refractivity contribution in [3.63, 3.8) is 0 Å². The normalized spacial score (nSPS) is 12.7. The predicted molar refractivity (Wildman–Crippen MR) is 87.2 cm³/mol. The summed E-state index contributed by atoms with van der Waals surface area (Å²) in [6, 6.07) is 9.42. The van der Waals surface area contributed by atoms with Gasteiger partial charge in [-0.2, -0.15) is 4.98 Å². The van der Waals surface area contributed by atoms with Crippen LogP contribution in [0.25, 0.3) is 10.9 Å². The molecular formula is C17H20N4O2. The Morgan fingerprint density at radius 3 is 2.65 bits per heavy atom. The third-order valence-corrected chi connectivity index (χ3v) is 3.88. The van der Waals surface area contributed by atoms with Crippen molar-refractivity contribution in [2.75, 3.05) is 0 Å². The first-order valence-electron chi connectivity index (χ1n) is 7.66. The molecule has 0 aliphatic carbocycles. The van der Waals surface area contributed by atoms with Crippen molar-refractivity contribution in [3.05, 3.63) is 47.7 Å². The lowest BCUT2D eigenvalue weighted by molar-refractivity contribution is 0.0924. The molecule has 23 heavy (non-hydrogen) atoms. The number of fused-ring (bicyclic) bond motifs is 1. The summed E-state index contributed by atoms with van der Waals surface area (Å²) in [5, 5.41) is 7.87. The maximum Gasteiger partial charge on any atom is 0.268 e. The van der Waals surface area contributed by atoms with Crippen molar-refractivity contribution in [2.24, 2.45) is 7.05 Å². The van der Waals surface area contributed by atoms with Gasteiger partial charge in [0, 0.05) is 23.9 Å². The number of rotatable bonds is 4. The van der Waals surface area contributed by atoms with E-state index >= 15 is 0 Å². The summed E-state index contributed by atoms with van der Waals surface area (Å²) in [4.78, 5) is 16.9. The largest absolute Gasteiger partial charge is 0.340 e. The standard InChI is InChI=1S/C17H20N4O2/c1-10(2)15-19-17(23-20-15)11(3)18-16(22)14-9-12-7-5-6-8-13(12)21(14)4/h5-11H,1-4H3,(H,18,22). The van der Waals surface area contributed by atoms with Crippen molar-refractivity contribution in [1.29, 1.82) is 0 Å². The molecule has 2 aromatic heterocycles. The summed E-state index contributed by atoms with van der Waals surface area (Å²) in [7, 11) is 1.88. The van der Waals surface area contributed by atoms with Crippen LogP contribution in [0.3, 0.4) is 0 Å². The predicted octanol–water partition coefficient (Wildman–Crippen LogP) is 3.18. The lowest BCUT2D eigenvalue weighted by Gasteiger charge is -2.10. The number of carbonyl (C=O) groups excluding carboxylic acids is 1. The van der Waals surface area contributed by atoms with E-state index in [1.807, 2.05) is 62.7 Å². The van der Waals surface area contributed by atoms with Gasteiger partial charge in [0.15, 0.2) is 5.82 Å². The number of amides is 1. The Kier molecular flexibility index (Phi) is 3.90. The van der Waals surface area contributed by atoms with Crippen LogP contribution in [0.15, 0.2) is 34.9 Å². The van der Waals surface area contributed by atoms with Crippen LogP contribution >= 0.6 is 0 Å². The van der Waals surface area contributed by atoms with Gasteiger partial charge in [-0.3, -0.25) is 4.79 Å². The van der Waals surface area contributed by atoms with Gasteiger partial charge in [0.2, 0.25) is 5.89 Å². The van der Waals surface area contributed by atoms with Gasteiger partial charge >= 0.3 is 0 Å². The molecule has 0 saturated carbocycles. The summed E-state index contributed by atoms with van der Waals surface area (Å²) in [5.74, 6) is 1.08. The lowest BCUT2D eigenvalue weighted by atomic mass is 10.2. The van der Waals surface area contributed by atoms with Gasteiger partial charge in [0.05, 0.1) is 0 Å². The Bertz CT molecular complexity index is 847. The average Bonchev–Trinajstić information content (AvgIpc) is 3.13. The van der Waals surface area contributed by atoms with Gasteiger partial charge in [0.1, 0.15) is 11.7 Å². The maximum absolute atomic E-state index is 12.5. The van der Waals surface area contributed by atoms with Crippen molar-refractivity contribution in [1.82, 2.24) is 20.0 Å². The molecule has 1 aromatic carbocycles. The Morgan fingerprint density at radius 1 is 1.26 bits per heavy atom. The molecule has 0 fully saturated rings. The fraction of sp³-hybridized carbons (Fsp3) is 0.353. The van der Waals surface area contributed by atoms with Gasteiger partial charge in [-0.25, -0.2) is 0 Å². The van der Waals surface area contributed by atoms with Crippen molar-refractivity contribution < 1.29 is 9.32 Å². The molecule has 1 N–H and O–H groups in total. The van der Waals surface area contributed by atoms with E-state index in [-0.39, 0.29) is 17.9 Å². The second-order valence-corrected chi connectivity index (χ2v) is 5.99. The van der Waals surface area contributed by atoms with Gasteiger partial charge in [0.25, 0.3) is 5.91 Å². The lowest BCUT2D eigenvalue weighted by Crippen LogP contribution is -2.28. The van der Waals surface area contributed by atoms with E-state index in [4.69, 9.17) is 4.52 Å². The van der Waals surface area contributed by atoms with Crippen LogP contribution in [0, 0.1) is 0 Å². The highest BCUT2D eigenvalue weighted by atomic mass is 16.5. The van der Waals surface area contributed by atoms with Crippen LogP contribution in [-0.2, 0) is 7.05 Å². The van der Waals surface area contributed by atoms with Crippen molar-refractivity contribution in [3.8, 4) is 0 Å². The fourth-order valence-electron chi connectivity index (χ4n) is 2.50. The van der Waals surface area contributed by atoms with Crippen LogP contribution < -0.4 is 5.32 Å². The monoisotopic (exact) mass is 312 g/mol. The molecule has 120 valence electrons. The summed E-state index contributed by atoms with van der Waals surface area (Å²) < 4.78 is 7.11. The van der Waals surface area contributed by atoms with Crippen molar-refractivity contribution >= 4 is 16.8 Å². The molecule has 6 nitrogen and oxygen atoms in total. The molecule has 0 aliphatic heterocycles. The van der Waals surface area contributed by atoms with Crippen LogP contribution in [-0.4, -0.2) is 20.6 Å². The molecule has 6 heteroatoms. The topological polar surface area (TPSA) is 73.0 Å². The summed E-state index contributed by atoms with van der Waals surface area (Å²) in [6.07, 6.45) is 0. The molecule has 1 unspecified atom stereocenters. The second-order valence-electron chi connectivity index (χ2n) is 5.99. The van der Waals surface area contributed by atoms with Crippen LogP contribution in [0.1, 0.15) is 54.9 Å². The SMILES string of the molecule is CC(C)c1noc(C(C)NC(=O)c2cc3ccccc3n2C)n1. The maximum atomic E-state index is 12.5. The first-order chi connectivity index (χ1) is 11.0. The zero-order chi connectivity index (χ0) is 16.6. The number of aromatic nitrogens is 3. The van der Waals surface area contributed by atoms with E-state index in [0.29, 0.717) is 17.4 Å². The second kappa shape index (κ2) is 5.87. The Hall–Kier alpha value is -2.63. The number of nitrogens with zero attached hydrogens (tertiary/aromatic N) is 3. The highest BCUT2D eigenvalue weighted by Crippen LogP contribution is 2.20. The summed E-state index contributed by atoms with van der Waals surface area (Å²) in [6.45, 7) is 5.82. The Labute approximate surface area is 134 Å². The molecule has 0 spiro atoms. The Balaban J connectivity index is 1.80. The zero-order valence-corrected chi connectivity index (χ0v) is 13.7. The highest BCUT2D eigenvalue weighted by molar-refractivity contribution is 5.98. The van der Waals surface area contributed by atoms with Crippen LogP contribution in [0.4, 0.5) is 0 Å². The Morgan fingerprint density at radius 2 is 2.00 bits per heavy atom. The third-order valence-electron chi connectivity index (χ3n) is 3.88. The number of nitrogens with one attached hydrogen (secondary N) is 1. The molecular weight excluding hydrogens is 292 g/mol. The third kappa shape index (κ3) is 2.84. The molecule has 0 saturated heterocycles. The van der Waals surface area contributed by atoms with E-state index in [0.717, 1.165) is 10.9 Å². The van der Waals surface area contributed by atoms with E-state index in [1.165, 1.54) is 0 Å². The summed E-state index contributed by atoms with van der Waals surface area (Å²) >= 11 is 0. The molecule has 3 aromatic rings. The number of hydrogen-bond donors (Lipinski definition) is 1. The minimum absolute atomic E-state index is 0.166. The number of hydrogen-bond acceptors (Lipinski definition) is 4. The van der Waals surface area contributed by atoms with E-state index in [2.05, 4.69) is 15.5 Å². The molecule has 0 aliphatic rings. The van der Waals surface area contributed by atoms with Crippen molar-refractivity contribution in [2.45, 2.75) is 32.7 Å². The van der Waals surface area contributed by atoms with Gasteiger partial charge in [-0.05, 0) is 19.1 Å². The van der Waals surface area contributed by atoms with Gasteiger partial charge in [-0.1, -0.05) is 37.2 Å². The minimum atomic E-state index is -0.347. The molecule has 1 atom stereocenters. The van der Waals surface area contributed by atoms with Crippen LogP contribution in [0.5, 0.6) is 0 Å². The van der Waals surface area contributed by atoms with Gasteiger partial charge < -0.3 is 14.4 Å². The van der Waals surface area contributed by atoms with E-state index in [1.54, 1.807) is 0 Å². The van der Waals surface area contributed by atoms with E-state index < -0.39 is 0 Å². The number of benzene rings is 1. The first-order valence-corrected chi connectivity index (χ1v) is 7.66. The summed E-state index contributed by atoms with van der Waals surface area (Å²) in [5.41, 5.74) is 1.62.